The number of fused-ring (bicyclic) bond motifs is 1. The largest absolute Gasteiger partial charge is 0.507 e. The summed E-state index contributed by atoms with van der Waals surface area (Å²) in [6.07, 6.45) is 4.80. The van der Waals surface area contributed by atoms with Gasteiger partial charge in [-0.3, -0.25) is 0 Å². The van der Waals surface area contributed by atoms with Crippen LogP contribution < -0.4 is 10.6 Å². The van der Waals surface area contributed by atoms with E-state index in [0.717, 1.165) is 48.1 Å². The van der Waals surface area contributed by atoms with E-state index in [-0.39, 0.29) is 0 Å². The lowest BCUT2D eigenvalue weighted by molar-refractivity contribution is 0.140. The number of ether oxygens (including phenoxy) is 1. The Morgan fingerprint density at radius 3 is 2.65 bits per heavy atom. The number of nitrogens with two attached hydrogens (primary N) is 1. The molecule has 0 atom stereocenters. The first kappa shape index (κ1) is 12.2. The van der Waals surface area contributed by atoms with E-state index in [1.807, 2.05) is 6.07 Å². The van der Waals surface area contributed by atoms with E-state index in [1.54, 1.807) is 7.11 Å². The number of hydrogen-bond acceptors (Lipinski definition) is 4. The summed E-state index contributed by atoms with van der Waals surface area (Å²) < 4.78 is 5.41. The molecule has 0 spiro atoms. The highest BCUT2D eigenvalue weighted by Crippen LogP contribution is 2.38. The maximum Gasteiger partial charge on any atom is 0.122 e. The highest BCUT2D eigenvalue weighted by atomic mass is 16.6. The summed E-state index contributed by atoms with van der Waals surface area (Å²) in [7, 11) is 1.67. The van der Waals surface area contributed by atoms with Gasteiger partial charge in [-0.15, -0.1) is 0 Å². The van der Waals surface area contributed by atoms with Gasteiger partial charge in [-0.2, -0.15) is 0 Å². The van der Waals surface area contributed by atoms with Crippen molar-refractivity contribution in [1.29, 1.82) is 0 Å². The third-order valence-corrected chi connectivity index (χ3v) is 3.37. The minimum Gasteiger partial charge on any atom is -0.507 e. The predicted molar refractivity (Wildman–Crippen MR) is 65.1 cm³/mol. The van der Waals surface area contributed by atoms with E-state index in [0.29, 0.717) is 18.8 Å². The Balaban J connectivity index is 2.41. The van der Waals surface area contributed by atoms with Crippen molar-refractivity contribution in [3.8, 4) is 11.5 Å². The van der Waals surface area contributed by atoms with Crippen LogP contribution in [0.25, 0.3) is 0 Å². The first-order valence-electron chi connectivity index (χ1n) is 6.00. The smallest absolute Gasteiger partial charge is 0.122 e. The van der Waals surface area contributed by atoms with Gasteiger partial charge in [0.05, 0.1) is 13.7 Å². The van der Waals surface area contributed by atoms with Crippen LogP contribution in [0.5, 0.6) is 11.5 Å². The number of phenols is 1. The summed E-state index contributed by atoms with van der Waals surface area (Å²) in [6, 6.07) is 1.90. The van der Waals surface area contributed by atoms with E-state index >= 15 is 0 Å². The molecular formula is C13H19NO3. The Hall–Kier alpha value is -1.26. The molecule has 0 radical (unpaired) electrons. The molecule has 1 aromatic carbocycles. The highest BCUT2D eigenvalue weighted by molar-refractivity contribution is 5.54. The number of phenolic OH excluding ortho intramolecular Hbond substituents is 1. The van der Waals surface area contributed by atoms with Crippen molar-refractivity contribution in [2.24, 2.45) is 5.90 Å². The van der Waals surface area contributed by atoms with Crippen molar-refractivity contribution in [1.82, 2.24) is 0 Å². The fraction of sp³-hybridized carbons (Fsp3) is 0.538. The lowest BCUT2D eigenvalue weighted by Gasteiger charge is -2.22. The fourth-order valence-electron chi connectivity index (χ4n) is 2.49. The normalized spacial score (nSPS) is 14.5. The fourth-order valence-corrected chi connectivity index (χ4v) is 2.49. The molecular weight excluding hydrogens is 218 g/mol. The van der Waals surface area contributed by atoms with Crippen molar-refractivity contribution < 1.29 is 14.7 Å². The summed E-state index contributed by atoms with van der Waals surface area (Å²) >= 11 is 0. The molecule has 1 aliphatic carbocycles. The average molecular weight is 237 g/mol. The van der Waals surface area contributed by atoms with E-state index in [1.165, 1.54) is 0 Å². The SMILES string of the molecule is COc1cc(CCON)c(O)c2c1CCCC2. The van der Waals surface area contributed by atoms with Gasteiger partial charge in [0.1, 0.15) is 11.5 Å². The summed E-state index contributed by atoms with van der Waals surface area (Å²) in [5, 5.41) is 10.2. The van der Waals surface area contributed by atoms with Crippen LogP contribution in [0.1, 0.15) is 29.5 Å². The number of aromatic hydroxyl groups is 1. The van der Waals surface area contributed by atoms with Crippen LogP contribution in [0.2, 0.25) is 0 Å². The molecule has 4 heteroatoms. The minimum atomic E-state index is 0.398. The van der Waals surface area contributed by atoms with Crippen LogP contribution in [0.15, 0.2) is 6.07 Å². The molecule has 17 heavy (non-hydrogen) atoms. The van der Waals surface area contributed by atoms with Crippen LogP contribution >= 0.6 is 0 Å². The van der Waals surface area contributed by atoms with Gasteiger partial charge in [0.15, 0.2) is 0 Å². The number of rotatable bonds is 4. The number of methoxy groups -OCH3 is 1. The Kier molecular flexibility index (Phi) is 3.86. The third kappa shape index (κ3) is 2.37. The standard InChI is InChI=1S/C13H19NO3/c1-16-12-8-9(6-7-17-14)13(15)11-5-3-2-4-10(11)12/h8,15H,2-7,14H2,1H3. The van der Waals surface area contributed by atoms with Gasteiger partial charge in [0.2, 0.25) is 0 Å². The molecule has 0 heterocycles. The van der Waals surface area contributed by atoms with E-state index in [2.05, 4.69) is 4.84 Å². The molecule has 1 aromatic rings. The molecule has 0 unspecified atom stereocenters. The zero-order chi connectivity index (χ0) is 12.3. The molecule has 3 N–H and O–H groups in total. The maximum atomic E-state index is 10.2. The molecule has 0 saturated heterocycles. The predicted octanol–water partition coefficient (Wildman–Crippen LogP) is 1.71. The van der Waals surface area contributed by atoms with Gasteiger partial charge in [0, 0.05) is 23.1 Å². The average Bonchev–Trinajstić information content (AvgIpc) is 2.38. The Morgan fingerprint density at radius 1 is 1.29 bits per heavy atom. The Bertz CT molecular complexity index is 404. The summed E-state index contributed by atoms with van der Waals surface area (Å²) in [6.45, 7) is 0.398. The molecule has 1 aliphatic rings. The Morgan fingerprint density at radius 2 is 2.00 bits per heavy atom. The first-order chi connectivity index (χ1) is 8.27. The molecule has 0 bridgehead atoms. The van der Waals surface area contributed by atoms with Gasteiger partial charge in [-0.05, 0) is 31.7 Å². The van der Waals surface area contributed by atoms with Crippen LogP contribution in [0, 0.1) is 0 Å². The maximum absolute atomic E-state index is 10.2. The third-order valence-electron chi connectivity index (χ3n) is 3.37. The lowest BCUT2D eigenvalue weighted by Crippen LogP contribution is -2.09. The van der Waals surface area contributed by atoms with Gasteiger partial charge in [0.25, 0.3) is 0 Å². The molecule has 4 nitrogen and oxygen atoms in total. The van der Waals surface area contributed by atoms with E-state index < -0.39 is 0 Å². The molecule has 0 amide bonds. The van der Waals surface area contributed by atoms with Gasteiger partial charge >= 0.3 is 0 Å². The van der Waals surface area contributed by atoms with Gasteiger partial charge < -0.3 is 14.7 Å². The lowest BCUT2D eigenvalue weighted by atomic mass is 9.88. The topological polar surface area (TPSA) is 64.7 Å². The second-order valence-electron chi connectivity index (χ2n) is 4.37. The van der Waals surface area contributed by atoms with Crippen molar-refractivity contribution in [2.75, 3.05) is 13.7 Å². The molecule has 0 saturated carbocycles. The summed E-state index contributed by atoms with van der Waals surface area (Å²) in [5.74, 6) is 6.30. The quantitative estimate of drug-likeness (QED) is 0.782. The van der Waals surface area contributed by atoms with Crippen LogP contribution in [0.4, 0.5) is 0 Å². The van der Waals surface area contributed by atoms with E-state index in [4.69, 9.17) is 10.6 Å². The second kappa shape index (κ2) is 5.38. The van der Waals surface area contributed by atoms with Crippen molar-refractivity contribution in [3.63, 3.8) is 0 Å². The monoisotopic (exact) mass is 237 g/mol. The van der Waals surface area contributed by atoms with E-state index in [9.17, 15) is 5.11 Å². The molecule has 0 aromatic heterocycles. The zero-order valence-corrected chi connectivity index (χ0v) is 10.2. The van der Waals surface area contributed by atoms with Crippen molar-refractivity contribution in [3.05, 3.63) is 22.8 Å². The number of hydrogen-bond donors (Lipinski definition) is 2. The summed E-state index contributed by atoms with van der Waals surface area (Å²) in [4.78, 5) is 4.57. The van der Waals surface area contributed by atoms with Crippen molar-refractivity contribution >= 4 is 0 Å². The Labute approximate surface area is 101 Å². The van der Waals surface area contributed by atoms with Crippen LogP contribution in [-0.4, -0.2) is 18.8 Å². The van der Waals surface area contributed by atoms with Crippen molar-refractivity contribution in [2.45, 2.75) is 32.1 Å². The van der Waals surface area contributed by atoms with Crippen LogP contribution in [0.3, 0.4) is 0 Å². The molecule has 0 aliphatic heterocycles. The molecule has 94 valence electrons. The molecule has 2 rings (SSSR count). The molecule has 0 fully saturated rings. The first-order valence-corrected chi connectivity index (χ1v) is 6.00. The number of benzene rings is 1. The minimum absolute atomic E-state index is 0.398. The summed E-state index contributed by atoms with van der Waals surface area (Å²) in [5.41, 5.74) is 3.06. The highest BCUT2D eigenvalue weighted by Gasteiger charge is 2.20. The van der Waals surface area contributed by atoms with Crippen LogP contribution in [-0.2, 0) is 24.1 Å². The van der Waals surface area contributed by atoms with Gasteiger partial charge in [-0.25, -0.2) is 5.90 Å². The zero-order valence-electron chi connectivity index (χ0n) is 10.2. The van der Waals surface area contributed by atoms with Gasteiger partial charge in [-0.1, -0.05) is 0 Å². The second-order valence-corrected chi connectivity index (χ2v) is 4.37.